The Hall–Kier alpha value is -0.953. The van der Waals surface area contributed by atoms with Crippen molar-refractivity contribution in [1.82, 2.24) is 0 Å². The van der Waals surface area contributed by atoms with Gasteiger partial charge in [-0.1, -0.05) is 32.4 Å². The molecule has 0 saturated carbocycles. The van der Waals surface area contributed by atoms with E-state index in [9.17, 15) is 4.79 Å². The van der Waals surface area contributed by atoms with E-state index >= 15 is 0 Å². The van der Waals surface area contributed by atoms with E-state index in [4.69, 9.17) is 18.6 Å². The zero-order valence-corrected chi connectivity index (χ0v) is 20.0. The summed E-state index contributed by atoms with van der Waals surface area (Å²) in [5.74, 6) is -0.701. The normalized spacial score (nSPS) is 29.7. The summed E-state index contributed by atoms with van der Waals surface area (Å²) >= 11 is 0. The quantitative estimate of drug-likeness (QED) is 0.363. The lowest BCUT2D eigenvalue weighted by Crippen LogP contribution is -2.46. The number of hydrogen-bond acceptors (Lipinski definition) is 5. The molecule has 2 rings (SSSR count). The Labute approximate surface area is 171 Å². The Morgan fingerprint density at radius 2 is 2.00 bits per heavy atom. The maximum absolute atomic E-state index is 11.3. The van der Waals surface area contributed by atoms with Crippen molar-refractivity contribution < 1.29 is 23.4 Å². The van der Waals surface area contributed by atoms with E-state index in [2.05, 4.69) is 46.9 Å². The first-order valence-electron chi connectivity index (χ1n) is 10.2. The molecule has 2 aliphatic rings. The smallest absolute Gasteiger partial charge is 0.302 e. The van der Waals surface area contributed by atoms with Crippen molar-refractivity contribution in [1.29, 1.82) is 0 Å². The van der Waals surface area contributed by atoms with E-state index in [1.807, 2.05) is 19.9 Å². The fourth-order valence-corrected chi connectivity index (χ4v) is 4.67. The third kappa shape index (κ3) is 5.78. The minimum atomic E-state index is -1.99. The van der Waals surface area contributed by atoms with Crippen molar-refractivity contribution in [3.8, 4) is 0 Å². The van der Waals surface area contributed by atoms with Crippen LogP contribution < -0.4 is 0 Å². The fraction of sp³-hybridized carbons (Fsp3) is 0.773. The second kappa shape index (κ2) is 8.42. The first kappa shape index (κ1) is 23.3. The van der Waals surface area contributed by atoms with Crippen molar-refractivity contribution >= 4 is 14.3 Å². The van der Waals surface area contributed by atoms with Crippen molar-refractivity contribution in [3.63, 3.8) is 0 Å². The molecule has 0 amide bonds. The summed E-state index contributed by atoms with van der Waals surface area (Å²) in [5.41, 5.74) is 2.44. The molecule has 160 valence electrons. The van der Waals surface area contributed by atoms with Crippen LogP contribution >= 0.6 is 0 Å². The van der Waals surface area contributed by atoms with E-state index in [0.29, 0.717) is 6.61 Å². The maximum Gasteiger partial charge on any atom is 0.302 e. The highest BCUT2D eigenvalue weighted by molar-refractivity contribution is 6.74. The van der Waals surface area contributed by atoms with Crippen LogP contribution in [0.3, 0.4) is 0 Å². The molecule has 6 heteroatoms. The number of carbonyl (C=O) groups is 1. The van der Waals surface area contributed by atoms with Gasteiger partial charge in [0, 0.05) is 12.8 Å². The van der Waals surface area contributed by atoms with Gasteiger partial charge in [-0.3, -0.25) is 4.79 Å². The van der Waals surface area contributed by atoms with E-state index < -0.39 is 14.1 Å². The topological polar surface area (TPSA) is 54.0 Å². The van der Waals surface area contributed by atoms with Crippen LogP contribution in [-0.2, 0) is 23.4 Å². The molecule has 0 aromatic rings. The highest BCUT2D eigenvalue weighted by Crippen LogP contribution is 2.43. The highest BCUT2D eigenvalue weighted by Gasteiger charge is 2.44. The Balaban J connectivity index is 2.34. The Bertz CT molecular complexity index is 642. The van der Waals surface area contributed by atoms with E-state index in [0.717, 1.165) is 12.0 Å². The summed E-state index contributed by atoms with van der Waals surface area (Å²) in [6.07, 6.45) is 4.97. The van der Waals surface area contributed by atoms with Crippen LogP contribution in [0, 0.1) is 5.92 Å². The molecule has 0 aromatic carbocycles. The first-order valence-corrected chi connectivity index (χ1v) is 13.1. The van der Waals surface area contributed by atoms with E-state index in [-0.39, 0.29) is 35.7 Å². The molecule has 28 heavy (non-hydrogen) atoms. The van der Waals surface area contributed by atoms with Gasteiger partial charge in [-0.15, -0.1) is 0 Å². The molecule has 0 N–H and O–H groups in total. The van der Waals surface area contributed by atoms with Gasteiger partial charge in [0.05, 0.1) is 18.8 Å². The van der Waals surface area contributed by atoms with Crippen LogP contribution in [0.1, 0.15) is 54.9 Å². The number of esters is 1. The number of ether oxygens (including phenoxy) is 3. The minimum absolute atomic E-state index is 0.0345. The van der Waals surface area contributed by atoms with Crippen LogP contribution in [0.25, 0.3) is 0 Å². The summed E-state index contributed by atoms with van der Waals surface area (Å²) in [5, 5.41) is 0.109. The fourth-order valence-electron chi connectivity index (χ4n) is 3.48. The van der Waals surface area contributed by atoms with Gasteiger partial charge in [0.25, 0.3) is 0 Å². The summed E-state index contributed by atoms with van der Waals surface area (Å²) in [6.45, 7) is 19.6. The molecule has 1 saturated heterocycles. The molecular weight excluding hydrogens is 372 g/mol. The van der Waals surface area contributed by atoms with Crippen molar-refractivity contribution in [2.45, 2.75) is 91.0 Å². The molecule has 1 fully saturated rings. The molecule has 0 radical (unpaired) electrons. The van der Waals surface area contributed by atoms with Crippen LogP contribution in [-0.4, -0.2) is 45.5 Å². The minimum Gasteiger partial charge on any atom is -0.462 e. The lowest BCUT2D eigenvalue weighted by Gasteiger charge is -2.42. The Morgan fingerprint density at radius 1 is 1.36 bits per heavy atom. The highest BCUT2D eigenvalue weighted by atomic mass is 28.4. The molecule has 1 aliphatic carbocycles. The second-order valence-corrected chi connectivity index (χ2v) is 14.8. The van der Waals surface area contributed by atoms with Gasteiger partial charge in [0.1, 0.15) is 6.61 Å². The van der Waals surface area contributed by atoms with Crippen LogP contribution in [0.5, 0.6) is 0 Å². The molecule has 1 aliphatic heterocycles. The van der Waals surface area contributed by atoms with Crippen molar-refractivity contribution in [2.75, 3.05) is 13.2 Å². The average Bonchev–Trinajstić information content (AvgIpc) is 2.87. The molecule has 3 atom stereocenters. The largest absolute Gasteiger partial charge is 0.462 e. The van der Waals surface area contributed by atoms with Crippen LogP contribution in [0.15, 0.2) is 23.3 Å². The second-order valence-electron chi connectivity index (χ2n) is 10.00. The lowest BCUT2D eigenvalue weighted by atomic mass is 9.79. The Morgan fingerprint density at radius 3 is 2.50 bits per heavy atom. The van der Waals surface area contributed by atoms with Crippen LogP contribution in [0.4, 0.5) is 0 Å². The molecule has 0 unspecified atom stereocenters. The standard InChI is InChI=1S/C22H38O5Si/c1-15-12-18(20-14-25-22(6,7)26-20)17(10-11-24-16(2)23)19(13-15)27-28(8,9)21(3,4)5/h10,13,18-20H,11-12,14H2,1-9H3/b17-10+/t18-,19-,20+/m0/s1. The molecule has 5 nitrogen and oxygen atoms in total. The zero-order valence-electron chi connectivity index (χ0n) is 19.0. The van der Waals surface area contributed by atoms with Gasteiger partial charge in [0.15, 0.2) is 14.1 Å². The average molecular weight is 411 g/mol. The summed E-state index contributed by atoms with van der Waals surface area (Å²) in [6, 6.07) is 0. The molecule has 0 aromatic heterocycles. The predicted octanol–water partition coefficient (Wildman–Crippen LogP) is 4.98. The number of hydrogen-bond donors (Lipinski definition) is 0. The van der Waals surface area contributed by atoms with Gasteiger partial charge < -0.3 is 18.6 Å². The monoisotopic (exact) mass is 410 g/mol. The number of allylic oxidation sites excluding steroid dienone is 1. The SMILES string of the molecule is CC(=O)OC/C=C1/[C@@H](O[Si](C)(C)C(C)(C)C)C=C(C)C[C@@H]1[C@H]1COC(C)(C)O1. The molecule has 1 heterocycles. The lowest BCUT2D eigenvalue weighted by molar-refractivity contribution is -0.143. The van der Waals surface area contributed by atoms with Crippen molar-refractivity contribution in [2.24, 2.45) is 5.92 Å². The maximum atomic E-state index is 11.3. The summed E-state index contributed by atoms with van der Waals surface area (Å²) < 4.78 is 24.0. The van der Waals surface area contributed by atoms with Crippen molar-refractivity contribution in [3.05, 3.63) is 23.3 Å². The van der Waals surface area contributed by atoms with Gasteiger partial charge >= 0.3 is 5.97 Å². The van der Waals surface area contributed by atoms with Gasteiger partial charge in [0.2, 0.25) is 0 Å². The zero-order chi connectivity index (χ0) is 21.3. The number of carbonyl (C=O) groups excluding carboxylic acids is 1. The van der Waals surface area contributed by atoms with Gasteiger partial charge in [-0.05, 0) is 57.0 Å². The summed E-state index contributed by atoms with van der Waals surface area (Å²) in [7, 11) is -1.99. The number of rotatable bonds is 5. The molecule has 0 bridgehead atoms. The van der Waals surface area contributed by atoms with Gasteiger partial charge in [-0.25, -0.2) is 0 Å². The molecule has 0 spiro atoms. The first-order chi connectivity index (χ1) is 12.7. The third-order valence-corrected chi connectivity index (χ3v) is 10.5. The van der Waals surface area contributed by atoms with E-state index in [1.54, 1.807) is 0 Å². The van der Waals surface area contributed by atoms with Crippen LogP contribution in [0.2, 0.25) is 18.1 Å². The van der Waals surface area contributed by atoms with Gasteiger partial charge in [-0.2, -0.15) is 0 Å². The Kier molecular flexibility index (Phi) is 7.02. The summed E-state index contributed by atoms with van der Waals surface area (Å²) in [4.78, 5) is 11.3. The van der Waals surface area contributed by atoms with E-state index in [1.165, 1.54) is 12.5 Å². The predicted molar refractivity (Wildman–Crippen MR) is 114 cm³/mol. The molecular formula is C22H38O5Si. The third-order valence-electron chi connectivity index (χ3n) is 6.05.